The van der Waals surface area contributed by atoms with Gasteiger partial charge in [0.2, 0.25) is 5.91 Å². The maximum Gasteiger partial charge on any atom is 0.231 e. The maximum absolute atomic E-state index is 15.6. The number of nitrogens with zero attached hydrogens (tertiary/aromatic N) is 8. The van der Waals surface area contributed by atoms with Crippen LogP contribution in [0.5, 0.6) is 0 Å². The molecule has 4 aromatic heterocycles. The second-order valence-corrected chi connectivity index (χ2v) is 8.40. The predicted molar refractivity (Wildman–Crippen MR) is 116 cm³/mol. The predicted octanol–water partition coefficient (Wildman–Crippen LogP) is 2.96. The second-order valence-electron chi connectivity index (χ2n) is 8.02. The molecular formula is C20H15ClF2N10O. The van der Waals surface area contributed by atoms with Gasteiger partial charge in [-0.05, 0) is 18.6 Å². The highest BCUT2D eigenvalue weighted by atomic mass is 35.5. The number of aromatic amines is 1. The summed E-state index contributed by atoms with van der Waals surface area (Å²) in [5.74, 6) is -1.45. The van der Waals surface area contributed by atoms with Crippen LogP contribution in [0.1, 0.15) is 24.9 Å². The van der Waals surface area contributed by atoms with E-state index in [2.05, 4.69) is 40.9 Å². The summed E-state index contributed by atoms with van der Waals surface area (Å²) >= 11 is 6.52. The van der Waals surface area contributed by atoms with Crippen molar-refractivity contribution < 1.29 is 13.6 Å². The highest BCUT2D eigenvalue weighted by molar-refractivity contribution is 6.35. The van der Waals surface area contributed by atoms with Crippen LogP contribution < -0.4 is 5.32 Å². The number of benzene rings is 1. The van der Waals surface area contributed by atoms with Gasteiger partial charge >= 0.3 is 0 Å². The van der Waals surface area contributed by atoms with E-state index in [-0.39, 0.29) is 22.8 Å². The van der Waals surface area contributed by atoms with Crippen molar-refractivity contribution in [2.45, 2.75) is 25.6 Å². The number of imidazole rings is 1. The minimum Gasteiger partial charge on any atom is -0.309 e. The number of nitrogens with one attached hydrogen (secondary N) is 2. The van der Waals surface area contributed by atoms with Gasteiger partial charge in [0, 0.05) is 22.7 Å². The Kier molecular flexibility index (Phi) is 4.55. The van der Waals surface area contributed by atoms with E-state index >= 15 is 4.39 Å². The number of carbonyl (C=O) groups is 1. The molecule has 0 radical (unpaired) electrons. The van der Waals surface area contributed by atoms with Crippen molar-refractivity contribution in [2.24, 2.45) is 5.92 Å². The smallest absolute Gasteiger partial charge is 0.231 e. The van der Waals surface area contributed by atoms with E-state index in [4.69, 9.17) is 11.6 Å². The molecule has 2 N–H and O–H groups in total. The molecule has 3 atom stereocenters. The van der Waals surface area contributed by atoms with Crippen LogP contribution in [0.3, 0.4) is 0 Å². The van der Waals surface area contributed by atoms with Crippen LogP contribution in [0.15, 0.2) is 31.1 Å². The minimum absolute atomic E-state index is 0.140. The number of hydrogen-bond donors (Lipinski definition) is 2. The monoisotopic (exact) mass is 484 g/mol. The number of H-pyrrole nitrogens is 1. The van der Waals surface area contributed by atoms with Crippen molar-refractivity contribution in [1.29, 1.82) is 0 Å². The van der Waals surface area contributed by atoms with Gasteiger partial charge in [-0.2, -0.15) is 9.90 Å². The molecule has 1 fully saturated rings. The number of aromatic nitrogens is 9. The van der Waals surface area contributed by atoms with Gasteiger partial charge in [-0.15, -0.1) is 10.2 Å². The Morgan fingerprint density at radius 1 is 1.35 bits per heavy atom. The third kappa shape index (κ3) is 3.19. The Hall–Kier alpha value is -4.00. The van der Waals surface area contributed by atoms with E-state index in [1.54, 1.807) is 23.7 Å². The average Bonchev–Trinajstić information content (AvgIpc) is 3.26. The first-order valence-electron chi connectivity index (χ1n) is 10.3. The first kappa shape index (κ1) is 20.6. The first-order chi connectivity index (χ1) is 16.4. The Morgan fingerprint density at radius 3 is 2.91 bits per heavy atom. The number of anilines is 1. The molecule has 0 saturated heterocycles. The molecule has 1 saturated carbocycles. The molecular weight excluding hydrogens is 470 g/mol. The fraction of sp³-hybridized carbons (Fsp3) is 0.250. The number of halogens is 3. The Morgan fingerprint density at radius 2 is 2.18 bits per heavy atom. The van der Waals surface area contributed by atoms with Crippen LogP contribution in [0.2, 0.25) is 5.02 Å². The van der Waals surface area contributed by atoms with Gasteiger partial charge in [0.05, 0.1) is 40.7 Å². The lowest BCUT2D eigenvalue weighted by Crippen LogP contribution is -2.15. The molecule has 5 aromatic rings. The molecule has 1 amide bonds. The van der Waals surface area contributed by atoms with Gasteiger partial charge < -0.3 is 9.72 Å². The standard InChI is InChI=1S/C20H15ClF2N10O/c1-8(33-27-7-26-31-33)15-18(23)17(21)16(10-3-25-30-19(10)15)12-5-32-6-13(28-14(32)4-24-12)29-20(34)9-2-11(9)22/h3-9,11H,2H2,1H3,(H,25,30)(H,29,34)/t8-,9?,11?/m0/s1. The van der Waals surface area contributed by atoms with Crippen molar-refractivity contribution in [3.05, 3.63) is 47.5 Å². The molecule has 11 nitrogen and oxygen atoms in total. The molecule has 34 heavy (non-hydrogen) atoms. The third-order valence-corrected chi connectivity index (χ3v) is 6.21. The zero-order valence-electron chi connectivity index (χ0n) is 17.4. The van der Waals surface area contributed by atoms with E-state index in [1.165, 1.54) is 23.5 Å². The molecule has 6 rings (SSSR count). The van der Waals surface area contributed by atoms with Crippen LogP contribution in [0.4, 0.5) is 14.6 Å². The lowest BCUT2D eigenvalue weighted by atomic mass is 9.99. The number of tetrazole rings is 1. The van der Waals surface area contributed by atoms with E-state index < -0.39 is 29.9 Å². The molecule has 1 aliphatic carbocycles. The zero-order chi connectivity index (χ0) is 23.6. The Balaban J connectivity index is 1.43. The second kappa shape index (κ2) is 7.52. The number of rotatable bonds is 5. The van der Waals surface area contributed by atoms with E-state index in [9.17, 15) is 9.18 Å². The summed E-state index contributed by atoms with van der Waals surface area (Å²) in [4.78, 5) is 22.0. The van der Waals surface area contributed by atoms with Crippen LogP contribution in [0, 0.1) is 11.7 Å². The van der Waals surface area contributed by atoms with Crippen molar-refractivity contribution in [3.8, 4) is 11.3 Å². The van der Waals surface area contributed by atoms with Crippen molar-refractivity contribution in [2.75, 3.05) is 5.32 Å². The lowest BCUT2D eigenvalue weighted by Gasteiger charge is -2.16. The summed E-state index contributed by atoms with van der Waals surface area (Å²) in [6.07, 6.45) is 6.56. The summed E-state index contributed by atoms with van der Waals surface area (Å²) in [7, 11) is 0. The van der Waals surface area contributed by atoms with E-state index in [0.29, 0.717) is 27.8 Å². The number of alkyl halides is 1. The van der Waals surface area contributed by atoms with Crippen molar-refractivity contribution in [1.82, 2.24) is 44.8 Å². The molecule has 1 aromatic carbocycles. The average molecular weight is 485 g/mol. The quantitative estimate of drug-likeness (QED) is 0.392. The zero-order valence-corrected chi connectivity index (χ0v) is 18.2. The molecule has 172 valence electrons. The maximum atomic E-state index is 15.6. The minimum atomic E-state index is -1.11. The Labute approximate surface area is 194 Å². The summed E-state index contributed by atoms with van der Waals surface area (Å²) < 4.78 is 30.3. The summed E-state index contributed by atoms with van der Waals surface area (Å²) in [6.45, 7) is 1.72. The highest BCUT2D eigenvalue weighted by Crippen LogP contribution is 2.41. The van der Waals surface area contributed by atoms with E-state index in [1.807, 2.05) is 0 Å². The summed E-state index contributed by atoms with van der Waals surface area (Å²) in [5, 5.41) is 21.4. The largest absolute Gasteiger partial charge is 0.309 e. The number of hydrogen-bond acceptors (Lipinski definition) is 7. The molecule has 0 spiro atoms. The molecule has 0 aliphatic heterocycles. The van der Waals surface area contributed by atoms with Gasteiger partial charge in [0.15, 0.2) is 17.8 Å². The number of fused-ring (bicyclic) bond motifs is 2. The van der Waals surface area contributed by atoms with Crippen LogP contribution in [0.25, 0.3) is 27.8 Å². The van der Waals surface area contributed by atoms with E-state index in [0.717, 1.165) is 0 Å². The summed E-state index contributed by atoms with van der Waals surface area (Å²) in [6, 6.07) is -0.609. The molecule has 0 bridgehead atoms. The third-order valence-electron chi connectivity index (χ3n) is 5.85. The van der Waals surface area contributed by atoms with Gasteiger partial charge in [0.25, 0.3) is 0 Å². The van der Waals surface area contributed by atoms with Gasteiger partial charge in [-0.3, -0.25) is 14.9 Å². The van der Waals surface area contributed by atoms with Gasteiger partial charge in [-0.25, -0.2) is 13.8 Å². The molecule has 1 aliphatic rings. The van der Waals surface area contributed by atoms with Crippen LogP contribution >= 0.6 is 11.6 Å². The molecule has 2 unspecified atom stereocenters. The van der Waals surface area contributed by atoms with Crippen molar-refractivity contribution in [3.63, 3.8) is 0 Å². The fourth-order valence-electron chi connectivity index (χ4n) is 3.99. The highest BCUT2D eigenvalue weighted by Gasteiger charge is 2.43. The normalized spacial score (nSPS) is 18.5. The van der Waals surface area contributed by atoms with Crippen LogP contribution in [-0.2, 0) is 4.79 Å². The fourth-order valence-corrected chi connectivity index (χ4v) is 4.29. The topological polar surface area (TPSA) is 132 Å². The lowest BCUT2D eigenvalue weighted by molar-refractivity contribution is -0.117. The number of amides is 1. The van der Waals surface area contributed by atoms with Gasteiger partial charge in [-0.1, -0.05) is 11.6 Å². The molecule has 4 heterocycles. The Bertz CT molecular complexity index is 1560. The number of carbonyl (C=O) groups excluding carboxylic acids is 1. The van der Waals surface area contributed by atoms with Crippen molar-refractivity contribution >= 4 is 39.9 Å². The SMILES string of the molecule is C[C@@H](c1c(F)c(Cl)c(-c2cn3cc(NC(=O)C4CC4F)nc3cn2)c2cn[nH]c12)n1ncnn1. The van der Waals surface area contributed by atoms with Crippen LogP contribution in [-0.4, -0.2) is 56.9 Å². The summed E-state index contributed by atoms with van der Waals surface area (Å²) in [5.41, 5.74) is 1.80. The molecule has 14 heteroatoms. The van der Waals surface area contributed by atoms with Gasteiger partial charge in [0.1, 0.15) is 18.0 Å². The first-order valence-corrected chi connectivity index (χ1v) is 10.7.